The zero-order valence-corrected chi connectivity index (χ0v) is 12.1. The Morgan fingerprint density at radius 2 is 1.05 bits per heavy atom. The predicted molar refractivity (Wildman–Crippen MR) is 89.0 cm³/mol. The SMILES string of the molecule is CCCCc1ccccc1.c1ccc2ccccc2c1. The Bertz CT molecular complexity index is 546. The van der Waals surface area contributed by atoms with Crippen LogP contribution in [0.15, 0.2) is 78.9 Å². The molecule has 0 atom stereocenters. The number of hydrogen-bond acceptors (Lipinski definition) is 0. The average Bonchev–Trinajstić information content (AvgIpc) is 2.55. The Labute approximate surface area is 122 Å². The van der Waals surface area contributed by atoms with E-state index < -0.39 is 0 Å². The highest BCUT2D eigenvalue weighted by atomic mass is 13.9. The molecule has 0 heteroatoms. The quantitative estimate of drug-likeness (QED) is 0.554. The molecule has 0 spiro atoms. The average molecular weight is 262 g/mol. The van der Waals surface area contributed by atoms with Crippen LogP contribution in [0.4, 0.5) is 0 Å². The molecule has 0 N–H and O–H groups in total. The molecule has 3 aromatic carbocycles. The summed E-state index contributed by atoms with van der Waals surface area (Å²) in [4.78, 5) is 0. The first kappa shape index (κ1) is 14.3. The van der Waals surface area contributed by atoms with E-state index in [0.717, 1.165) is 0 Å². The first-order valence-corrected chi connectivity index (χ1v) is 7.38. The van der Waals surface area contributed by atoms with Crippen molar-refractivity contribution in [2.45, 2.75) is 26.2 Å². The minimum atomic E-state index is 1.23. The van der Waals surface area contributed by atoms with Crippen molar-refractivity contribution in [1.29, 1.82) is 0 Å². The van der Waals surface area contributed by atoms with Gasteiger partial charge in [0.1, 0.15) is 0 Å². The molecule has 0 unspecified atom stereocenters. The normalized spacial score (nSPS) is 9.85. The summed E-state index contributed by atoms with van der Waals surface area (Å²) in [6, 6.07) is 27.4. The van der Waals surface area contributed by atoms with Crippen LogP contribution in [-0.2, 0) is 6.42 Å². The minimum Gasteiger partial charge on any atom is -0.0654 e. The summed E-state index contributed by atoms with van der Waals surface area (Å²) >= 11 is 0. The van der Waals surface area contributed by atoms with Gasteiger partial charge in [-0.2, -0.15) is 0 Å². The van der Waals surface area contributed by atoms with E-state index in [1.165, 1.54) is 35.6 Å². The second kappa shape index (κ2) is 8.16. The predicted octanol–water partition coefficient (Wildman–Crippen LogP) is 5.87. The van der Waals surface area contributed by atoms with E-state index in [2.05, 4.69) is 85.8 Å². The van der Waals surface area contributed by atoms with E-state index in [9.17, 15) is 0 Å². The lowest BCUT2D eigenvalue weighted by Crippen LogP contribution is -1.81. The highest BCUT2D eigenvalue weighted by Gasteiger charge is 1.87. The van der Waals surface area contributed by atoms with Gasteiger partial charge in [0.15, 0.2) is 0 Å². The van der Waals surface area contributed by atoms with Crippen LogP contribution in [0.3, 0.4) is 0 Å². The van der Waals surface area contributed by atoms with Crippen molar-refractivity contribution in [1.82, 2.24) is 0 Å². The van der Waals surface area contributed by atoms with E-state index in [4.69, 9.17) is 0 Å². The molecule has 0 radical (unpaired) electrons. The van der Waals surface area contributed by atoms with Gasteiger partial charge in [-0.3, -0.25) is 0 Å². The first-order valence-electron chi connectivity index (χ1n) is 7.38. The zero-order chi connectivity index (χ0) is 14.0. The van der Waals surface area contributed by atoms with Gasteiger partial charge >= 0.3 is 0 Å². The van der Waals surface area contributed by atoms with Crippen molar-refractivity contribution in [2.75, 3.05) is 0 Å². The maximum absolute atomic E-state index is 2.23. The van der Waals surface area contributed by atoms with Gasteiger partial charge in [-0.05, 0) is 29.2 Å². The number of rotatable bonds is 3. The largest absolute Gasteiger partial charge is 0.0654 e. The molecule has 0 saturated carbocycles. The van der Waals surface area contributed by atoms with Crippen LogP contribution in [0.25, 0.3) is 10.8 Å². The monoisotopic (exact) mass is 262 g/mol. The molecule has 0 amide bonds. The van der Waals surface area contributed by atoms with Crippen molar-refractivity contribution in [3.05, 3.63) is 84.4 Å². The van der Waals surface area contributed by atoms with Crippen molar-refractivity contribution in [2.24, 2.45) is 0 Å². The van der Waals surface area contributed by atoms with Gasteiger partial charge in [0.25, 0.3) is 0 Å². The third-order valence-corrected chi connectivity index (χ3v) is 3.32. The maximum Gasteiger partial charge on any atom is -0.0184 e. The number of fused-ring (bicyclic) bond motifs is 1. The molecule has 3 rings (SSSR count). The van der Waals surface area contributed by atoms with Gasteiger partial charge in [-0.25, -0.2) is 0 Å². The minimum absolute atomic E-state index is 1.23. The molecular weight excluding hydrogens is 240 g/mol. The summed E-state index contributed by atoms with van der Waals surface area (Å²) in [5.74, 6) is 0. The Kier molecular flexibility index (Phi) is 5.85. The van der Waals surface area contributed by atoms with Gasteiger partial charge in [-0.15, -0.1) is 0 Å². The van der Waals surface area contributed by atoms with Crippen LogP contribution in [0.5, 0.6) is 0 Å². The molecule has 0 heterocycles. The lowest BCUT2D eigenvalue weighted by atomic mass is 10.1. The summed E-state index contributed by atoms with van der Waals surface area (Å²) in [6.45, 7) is 2.23. The highest BCUT2D eigenvalue weighted by molar-refractivity contribution is 5.81. The smallest absolute Gasteiger partial charge is 0.0184 e. The number of aryl methyl sites for hydroxylation is 1. The van der Waals surface area contributed by atoms with Gasteiger partial charge in [0, 0.05) is 0 Å². The topological polar surface area (TPSA) is 0 Å². The molecule has 0 fully saturated rings. The van der Waals surface area contributed by atoms with E-state index in [1.54, 1.807) is 0 Å². The van der Waals surface area contributed by atoms with Crippen LogP contribution < -0.4 is 0 Å². The van der Waals surface area contributed by atoms with E-state index in [-0.39, 0.29) is 0 Å². The second-order valence-corrected chi connectivity index (χ2v) is 4.94. The molecule has 0 bridgehead atoms. The molecule has 20 heavy (non-hydrogen) atoms. The highest BCUT2D eigenvalue weighted by Crippen LogP contribution is 2.11. The van der Waals surface area contributed by atoms with E-state index in [1.807, 2.05) is 0 Å². The lowest BCUT2D eigenvalue weighted by Gasteiger charge is -1.96. The Balaban J connectivity index is 0.000000147. The van der Waals surface area contributed by atoms with Gasteiger partial charge in [-0.1, -0.05) is 92.2 Å². The second-order valence-electron chi connectivity index (χ2n) is 4.94. The fraction of sp³-hybridized carbons (Fsp3) is 0.200. The van der Waals surface area contributed by atoms with Gasteiger partial charge < -0.3 is 0 Å². The molecule has 0 aliphatic carbocycles. The maximum atomic E-state index is 2.23. The van der Waals surface area contributed by atoms with Crippen LogP contribution >= 0.6 is 0 Å². The lowest BCUT2D eigenvalue weighted by molar-refractivity contribution is 0.795. The molecule has 0 aliphatic rings. The Hall–Kier alpha value is -2.08. The molecule has 102 valence electrons. The van der Waals surface area contributed by atoms with E-state index in [0.29, 0.717) is 0 Å². The summed E-state index contributed by atoms with van der Waals surface area (Å²) in [5.41, 5.74) is 1.46. The summed E-state index contributed by atoms with van der Waals surface area (Å²) in [6.07, 6.45) is 3.83. The van der Waals surface area contributed by atoms with Crippen molar-refractivity contribution >= 4 is 10.8 Å². The standard InChI is InChI=1S/C10H8.C10H14/c1-2-6-10-8-4-3-7-9(10)5-1;1-2-3-7-10-8-5-4-6-9-10/h1-8H;4-6,8-9H,2-3,7H2,1H3. The molecule has 0 nitrogen and oxygen atoms in total. The van der Waals surface area contributed by atoms with Crippen LogP contribution in [-0.4, -0.2) is 0 Å². The van der Waals surface area contributed by atoms with Crippen LogP contribution in [0, 0.1) is 0 Å². The molecule has 0 saturated heterocycles. The summed E-state index contributed by atoms with van der Waals surface area (Å²) < 4.78 is 0. The van der Waals surface area contributed by atoms with Crippen molar-refractivity contribution in [3.8, 4) is 0 Å². The summed E-state index contributed by atoms with van der Waals surface area (Å²) in [7, 11) is 0. The van der Waals surface area contributed by atoms with Crippen molar-refractivity contribution < 1.29 is 0 Å². The fourth-order valence-electron chi connectivity index (χ4n) is 2.16. The summed E-state index contributed by atoms with van der Waals surface area (Å²) in [5, 5.41) is 2.62. The Morgan fingerprint density at radius 3 is 1.50 bits per heavy atom. The molecular formula is C20H22. The number of benzene rings is 3. The molecule has 3 aromatic rings. The molecule has 0 aliphatic heterocycles. The zero-order valence-electron chi connectivity index (χ0n) is 12.1. The third-order valence-electron chi connectivity index (χ3n) is 3.32. The van der Waals surface area contributed by atoms with Crippen molar-refractivity contribution in [3.63, 3.8) is 0 Å². The molecule has 0 aromatic heterocycles. The number of unbranched alkanes of at least 4 members (excludes halogenated alkanes) is 1. The van der Waals surface area contributed by atoms with Crippen LogP contribution in [0.1, 0.15) is 25.3 Å². The first-order chi connectivity index (χ1) is 9.90. The van der Waals surface area contributed by atoms with Gasteiger partial charge in [0.2, 0.25) is 0 Å². The van der Waals surface area contributed by atoms with E-state index >= 15 is 0 Å². The Morgan fingerprint density at radius 1 is 0.600 bits per heavy atom. The third kappa shape index (κ3) is 4.55. The number of hydrogen-bond donors (Lipinski definition) is 0. The van der Waals surface area contributed by atoms with Gasteiger partial charge in [0.05, 0.1) is 0 Å². The van der Waals surface area contributed by atoms with Crippen LogP contribution in [0.2, 0.25) is 0 Å². The fourth-order valence-corrected chi connectivity index (χ4v) is 2.16.